The third kappa shape index (κ3) is 2.11. The molecule has 0 saturated heterocycles. The molecule has 0 aliphatic heterocycles. The Morgan fingerprint density at radius 3 is 2.37 bits per heavy atom. The molecule has 2 N–H and O–H groups in total. The van der Waals surface area contributed by atoms with Gasteiger partial charge >= 0.3 is 0 Å². The lowest BCUT2D eigenvalue weighted by Crippen LogP contribution is -2.60. The van der Waals surface area contributed by atoms with Gasteiger partial charge in [0.25, 0.3) is 0 Å². The van der Waals surface area contributed by atoms with E-state index >= 15 is 0 Å². The molecule has 4 bridgehead atoms. The van der Waals surface area contributed by atoms with Gasteiger partial charge in [0.15, 0.2) is 0 Å². The zero-order valence-electron chi connectivity index (χ0n) is 11.4. The lowest BCUT2D eigenvalue weighted by molar-refractivity contribution is -0.138. The highest BCUT2D eigenvalue weighted by Crippen LogP contribution is 2.55. The van der Waals surface area contributed by atoms with E-state index in [-0.39, 0.29) is 5.60 Å². The number of benzene rings is 1. The Labute approximate surface area is 115 Å². The molecule has 4 fully saturated rings. The summed E-state index contributed by atoms with van der Waals surface area (Å²) in [5, 5.41) is 14.4. The third-order valence-corrected chi connectivity index (χ3v) is 5.63. The van der Waals surface area contributed by atoms with Crippen molar-refractivity contribution in [3.05, 3.63) is 35.9 Å². The molecule has 2 nitrogen and oxygen atoms in total. The molecule has 2 heteroatoms. The molecule has 0 radical (unpaired) electrons. The van der Waals surface area contributed by atoms with Crippen LogP contribution in [0, 0.1) is 17.8 Å². The molecule has 0 spiro atoms. The third-order valence-electron chi connectivity index (χ3n) is 5.63. The Balaban J connectivity index is 1.45. The topological polar surface area (TPSA) is 32.3 Å². The van der Waals surface area contributed by atoms with Crippen LogP contribution >= 0.6 is 0 Å². The molecule has 4 aliphatic carbocycles. The van der Waals surface area contributed by atoms with Crippen LogP contribution in [-0.4, -0.2) is 16.7 Å². The molecule has 0 heterocycles. The van der Waals surface area contributed by atoms with Crippen LogP contribution in [0.5, 0.6) is 0 Å². The summed E-state index contributed by atoms with van der Waals surface area (Å²) in [5.74, 6) is 2.22. The van der Waals surface area contributed by atoms with Gasteiger partial charge in [0.2, 0.25) is 0 Å². The first-order valence-corrected chi connectivity index (χ1v) is 7.72. The van der Waals surface area contributed by atoms with E-state index in [9.17, 15) is 5.11 Å². The average molecular weight is 257 g/mol. The molecule has 4 saturated carbocycles. The second kappa shape index (κ2) is 4.32. The SMILES string of the molecule is OC12CC3C[C@@H](C[C@H](C1)C3NCc1ccccc1)C2. The molecule has 3 unspecified atom stereocenters. The maximum absolute atomic E-state index is 10.6. The molecule has 19 heavy (non-hydrogen) atoms. The smallest absolute Gasteiger partial charge is 0.0657 e. The molecule has 0 amide bonds. The van der Waals surface area contributed by atoms with E-state index in [1.807, 2.05) is 0 Å². The first-order chi connectivity index (χ1) is 9.22. The van der Waals surface area contributed by atoms with Gasteiger partial charge in [0.05, 0.1) is 5.60 Å². The van der Waals surface area contributed by atoms with E-state index in [2.05, 4.69) is 35.6 Å². The van der Waals surface area contributed by atoms with Crippen LogP contribution in [0.1, 0.15) is 37.7 Å². The number of nitrogens with one attached hydrogen (secondary N) is 1. The van der Waals surface area contributed by atoms with Crippen LogP contribution in [-0.2, 0) is 6.54 Å². The van der Waals surface area contributed by atoms with Crippen molar-refractivity contribution in [2.24, 2.45) is 17.8 Å². The molecular formula is C17H23NO. The lowest BCUT2D eigenvalue weighted by atomic mass is 9.52. The lowest BCUT2D eigenvalue weighted by Gasteiger charge is -2.58. The zero-order chi connectivity index (χ0) is 12.9. The van der Waals surface area contributed by atoms with E-state index in [4.69, 9.17) is 0 Å². The number of hydrogen-bond donors (Lipinski definition) is 2. The first kappa shape index (κ1) is 11.9. The van der Waals surface area contributed by atoms with Gasteiger partial charge in [-0.3, -0.25) is 0 Å². The first-order valence-electron chi connectivity index (χ1n) is 7.72. The molecule has 1 aromatic rings. The standard InChI is InChI=1S/C17H23NO/c19-17-8-13-6-14(9-17)16(15(7-13)10-17)18-11-12-4-2-1-3-5-12/h1-5,13-16,18-19H,6-11H2/t13-,14-,15?,16?,17?/m1/s1. The van der Waals surface area contributed by atoms with Crippen molar-refractivity contribution in [3.8, 4) is 0 Å². The van der Waals surface area contributed by atoms with Crippen LogP contribution in [0.4, 0.5) is 0 Å². The summed E-state index contributed by atoms with van der Waals surface area (Å²) in [7, 11) is 0. The normalized spacial score (nSPS) is 43.6. The largest absolute Gasteiger partial charge is 0.390 e. The Bertz CT molecular complexity index is 442. The van der Waals surface area contributed by atoms with Crippen molar-refractivity contribution in [1.29, 1.82) is 0 Å². The average Bonchev–Trinajstić information content (AvgIpc) is 2.37. The Morgan fingerprint density at radius 2 is 1.74 bits per heavy atom. The van der Waals surface area contributed by atoms with E-state index in [1.54, 1.807) is 0 Å². The Morgan fingerprint density at radius 1 is 1.05 bits per heavy atom. The predicted octanol–water partition coefficient (Wildman–Crippen LogP) is 2.72. The molecule has 1 aromatic carbocycles. The van der Waals surface area contributed by atoms with Gasteiger partial charge in [-0.05, 0) is 55.4 Å². The number of hydrogen-bond acceptors (Lipinski definition) is 2. The van der Waals surface area contributed by atoms with Crippen LogP contribution in [0.2, 0.25) is 0 Å². The van der Waals surface area contributed by atoms with Crippen LogP contribution in [0.15, 0.2) is 30.3 Å². The minimum absolute atomic E-state index is 0.304. The van der Waals surface area contributed by atoms with Crippen molar-refractivity contribution in [2.45, 2.75) is 50.3 Å². The zero-order valence-corrected chi connectivity index (χ0v) is 11.4. The summed E-state index contributed by atoms with van der Waals surface area (Å²) >= 11 is 0. The van der Waals surface area contributed by atoms with Crippen molar-refractivity contribution < 1.29 is 5.11 Å². The summed E-state index contributed by atoms with van der Waals surface area (Å²) in [4.78, 5) is 0. The minimum atomic E-state index is -0.304. The van der Waals surface area contributed by atoms with E-state index in [0.717, 1.165) is 31.7 Å². The fraction of sp³-hybridized carbons (Fsp3) is 0.647. The van der Waals surface area contributed by atoms with Crippen LogP contribution in [0.3, 0.4) is 0 Å². The molecule has 0 aromatic heterocycles. The second-order valence-corrected chi connectivity index (χ2v) is 7.09. The summed E-state index contributed by atoms with van der Waals surface area (Å²) in [6, 6.07) is 11.3. The van der Waals surface area contributed by atoms with Gasteiger partial charge in [0.1, 0.15) is 0 Å². The molecule has 5 atom stereocenters. The van der Waals surface area contributed by atoms with Crippen LogP contribution < -0.4 is 5.32 Å². The monoisotopic (exact) mass is 257 g/mol. The van der Waals surface area contributed by atoms with Gasteiger partial charge in [-0.2, -0.15) is 0 Å². The van der Waals surface area contributed by atoms with Gasteiger partial charge in [-0.1, -0.05) is 30.3 Å². The van der Waals surface area contributed by atoms with Crippen molar-refractivity contribution >= 4 is 0 Å². The Kier molecular flexibility index (Phi) is 2.71. The van der Waals surface area contributed by atoms with Crippen molar-refractivity contribution in [2.75, 3.05) is 0 Å². The van der Waals surface area contributed by atoms with E-state index in [1.165, 1.54) is 18.4 Å². The van der Waals surface area contributed by atoms with Gasteiger partial charge < -0.3 is 10.4 Å². The highest BCUT2D eigenvalue weighted by molar-refractivity contribution is 5.15. The fourth-order valence-corrected chi connectivity index (χ4v) is 5.15. The minimum Gasteiger partial charge on any atom is -0.390 e. The summed E-state index contributed by atoms with van der Waals surface area (Å²) in [5.41, 5.74) is 1.07. The predicted molar refractivity (Wildman–Crippen MR) is 75.6 cm³/mol. The summed E-state index contributed by atoms with van der Waals surface area (Å²) in [6.07, 6.45) is 5.82. The maximum atomic E-state index is 10.6. The highest BCUT2D eigenvalue weighted by atomic mass is 16.3. The van der Waals surface area contributed by atoms with Crippen molar-refractivity contribution in [3.63, 3.8) is 0 Å². The number of aliphatic hydroxyl groups is 1. The number of rotatable bonds is 3. The second-order valence-electron chi connectivity index (χ2n) is 7.09. The molecule has 5 rings (SSSR count). The van der Waals surface area contributed by atoms with E-state index < -0.39 is 0 Å². The van der Waals surface area contributed by atoms with Gasteiger partial charge in [-0.25, -0.2) is 0 Å². The fourth-order valence-electron chi connectivity index (χ4n) is 5.15. The summed E-state index contributed by atoms with van der Waals surface area (Å²) < 4.78 is 0. The molecule has 4 aliphatic rings. The van der Waals surface area contributed by atoms with Gasteiger partial charge in [0, 0.05) is 12.6 Å². The van der Waals surface area contributed by atoms with E-state index in [0.29, 0.717) is 17.9 Å². The summed E-state index contributed by atoms with van der Waals surface area (Å²) in [6.45, 7) is 0.974. The van der Waals surface area contributed by atoms with Crippen LogP contribution in [0.25, 0.3) is 0 Å². The highest BCUT2D eigenvalue weighted by Gasteiger charge is 2.54. The Hall–Kier alpha value is -0.860. The molecular weight excluding hydrogens is 234 g/mol. The maximum Gasteiger partial charge on any atom is 0.0657 e. The quantitative estimate of drug-likeness (QED) is 0.872. The van der Waals surface area contributed by atoms with Crippen molar-refractivity contribution in [1.82, 2.24) is 5.32 Å². The molecule has 102 valence electrons. The van der Waals surface area contributed by atoms with Gasteiger partial charge in [-0.15, -0.1) is 0 Å².